The molecule has 0 aromatic carbocycles. The van der Waals surface area contributed by atoms with E-state index >= 15 is 0 Å². The molecule has 31 heavy (non-hydrogen) atoms. The van der Waals surface area contributed by atoms with Crippen molar-refractivity contribution in [3.05, 3.63) is 41.2 Å². The molecule has 0 aliphatic heterocycles. The molecule has 0 fully saturated rings. The number of fused-ring (bicyclic) bond motifs is 1. The van der Waals surface area contributed by atoms with E-state index < -0.39 is 18.1 Å². The normalized spacial score (nSPS) is 12.2. The highest BCUT2D eigenvalue weighted by atomic mass is 35.5. The van der Waals surface area contributed by atoms with E-state index in [-0.39, 0.29) is 22.2 Å². The molecular weight excluding hydrogens is 429 g/mol. The molecule has 0 saturated heterocycles. The predicted molar refractivity (Wildman–Crippen MR) is 116 cm³/mol. The lowest BCUT2D eigenvalue weighted by molar-refractivity contribution is 0.114. The van der Waals surface area contributed by atoms with Crippen molar-refractivity contribution in [3.63, 3.8) is 0 Å². The molecule has 11 nitrogen and oxygen atoms in total. The first-order valence-corrected chi connectivity index (χ1v) is 9.31. The minimum absolute atomic E-state index is 0.194. The van der Waals surface area contributed by atoms with E-state index in [1.54, 1.807) is 13.8 Å². The van der Waals surface area contributed by atoms with Crippen molar-refractivity contribution in [2.24, 2.45) is 10.2 Å². The number of rotatable bonds is 7. The van der Waals surface area contributed by atoms with Crippen LogP contribution in [0.2, 0.25) is 5.02 Å². The van der Waals surface area contributed by atoms with Gasteiger partial charge in [0.2, 0.25) is 5.95 Å². The van der Waals surface area contributed by atoms with Gasteiger partial charge in [0.05, 0.1) is 40.6 Å². The van der Waals surface area contributed by atoms with E-state index in [2.05, 4.69) is 42.6 Å². The number of hydrogen-bond donors (Lipinski definition) is 2. The number of carbonyl (C=O) groups excluding carboxylic acids is 1. The molecule has 3 aromatic heterocycles. The van der Waals surface area contributed by atoms with E-state index in [1.807, 2.05) is 0 Å². The van der Waals surface area contributed by atoms with Crippen molar-refractivity contribution >= 4 is 53.4 Å². The maximum absolute atomic E-state index is 13.6. The molecule has 0 unspecified atom stereocenters. The van der Waals surface area contributed by atoms with Gasteiger partial charge in [-0.15, -0.1) is 10.2 Å². The number of carbonyl (C=O) groups is 1. The molecule has 2 N–H and O–H groups in total. The van der Waals surface area contributed by atoms with Crippen LogP contribution in [-0.2, 0) is 4.74 Å². The summed E-state index contributed by atoms with van der Waals surface area (Å²) in [6, 6.07) is 2.05. The topological polar surface area (TPSA) is 121 Å². The second-order valence-corrected chi connectivity index (χ2v) is 6.49. The average Bonchev–Trinajstić information content (AvgIpc) is 3.12. The SMILES string of the molecule is C=NN(/N=C\C)c1ncc(NC(=O)Nc2cnc3cc(F)nn3c2[C@H](C)OC)cc1Cl. The van der Waals surface area contributed by atoms with E-state index in [0.717, 1.165) is 5.12 Å². The summed E-state index contributed by atoms with van der Waals surface area (Å²) in [4.78, 5) is 20.8. The first-order valence-electron chi connectivity index (χ1n) is 8.93. The molecule has 1 atom stereocenters. The molecule has 162 valence electrons. The van der Waals surface area contributed by atoms with E-state index in [0.29, 0.717) is 11.4 Å². The maximum Gasteiger partial charge on any atom is 0.323 e. The van der Waals surface area contributed by atoms with Gasteiger partial charge in [-0.3, -0.25) is 0 Å². The van der Waals surface area contributed by atoms with Crippen LogP contribution in [0.5, 0.6) is 0 Å². The zero-order valence-electron chi connectivity index (χ0n) is 16.9. The lowest BCUT2D eigenvalue weighted by atomic mass is 10.2. The minimum Gasteiger partial charge on any atom is -0.375 e. The van der Waals surface area contributed by atoms with Crippen molar-refractivity contribution in [2.75, 3.05) is 22.9 Å². The van der Waals surface area contributed by atoms with Gasteiger partial charge < -0.3 is 15.4 Å². The number of anilines is 3. The lowest BCUT2D eigenvalue weighted by Gasteiger charge is -2.17. The van der Waals surface area contributed by atoms with Crippen LogP contribution in [0.1, 0.15) is 25.6 Å². The smallest absolute Gasteiger partial charge is 0.323 e. The Hall–Kier alpha value is -3.64. The molecule has 0 bridgehead atoms. The first kappa shape index (κ1) is 22.1. The molecule has 0 radical (unpaired) electrons. The molecule has 3 heterocycles. The molecule has 0 aliphatic rings. The van der Waals surface area contributed by atoms with Crippen LogP contribution >= 0.6 is 11.6 Å². The summed E-state index contributed by atoms with van der Waals surface area (Å²) in [5.41, 5.74) is 1.31. The van der Waals surface area contributed by atoms with Crippen LogP contribution in [-0.4, -0.2) is 45.7 Å². The van der Waals surface area contributed by atoms with Crippen molar-refractivity contribution in [3.8, 4) is 0 Å². The molecular formula is C18H19ClFN9O2. The van der Waals surface area contributed by atoms with Gasteiger partial charge in [-0.25, -0.2) is 19.3 Å². The van der Waals surface area contributed by atoms with Crippen molar-refractivity contribution < 1.29 is 13.9 Å². The van der Waals surface area contributed by atoms with Crippen molar-refractivity contribution in [1.82, 2.24) is 19.6 Å². The summed E-state index contributed by atoms with van der Waals surface area (Å²) in [5, 5.41) is 18.0. The number of methoxy groups -OCH3 is 1. The number of urea groups is 1. The lowest BCUT2D eigenvalue weighted by Crippen LogP contribution is -2.22. The Labute approximate surface area is 181 Å². The Bertz CT molecular complexity index is 1150. The molecule has 0 spiro atoms. The Morgan fingerprint density at radius 1 is 1.39 bits per heavy atom. The monoisotopic (exact) mass is 447 g/mol. The number of nitrogens with one attached hydrogen (secondary N) is 2. The Morgan fingerprint density at radius 2 is 2.16 bits per heavy atom. The third kappa shape index (κ3) is 4.75. The predicted octanol–water partition coefficient (Wildman–Crippen LogP) is 3.70. The molecule has 2 amide bonds. The van der Waals surface area contributed by atoms with E-state index in [1.165, 1.54) is 42.4 Å². The fraction of sp³-hybridized carbons (Fsp3) is 0.222. The van der Waals surface area contributed by atoms with Crippen LogP contribution in [0.4, 0.5) is 26.4 Å². The fourth-order valence-corrected chi connectivity index (χ4v) is 2.96. The molecule has 0 saturated carbocycles. The third-order valence-corrected chi connectivity index (χ3v) is 4.38. The fourth-order valence-electron chi connectivity index (χ4n) is 2.72. The summed E-state index contributed by atoms with van der Waals surface area (Å²) in [6.45, 7) is 6.84. The quantitative estimate of drug-likeness (QED) is 0.420. The second kappa shape index (κ2) is 9.45. The van der Waals surface area contributed by atoms with Gasteiger partial charge in [0.1, 0.15) is 0 Å². The highest BCUT2D eigenvalue weighted by Crippen LogP contribution is 2.28. The highest BCUT2D eigenvalue weighted by molar-refractivity contribution is 6.33. The van der Waals surface area contributed by atoms with Crippen LogP contribution in [0, 0.1) is 5.95 Å². The number of ether oxygens (including phenoxy) is 1. The number of nitrogens with zero attached hydrogens (tertiary/aromatic N) is 7. The molecule has 3 aromatic rings. The molecule has 3 rings (SSSR count). The Morgan fingerprint density at radius 3 is 2.81 bits per heavy atom. The van der Waals surface area contributed by atoms with Gasteiger partial charge in [0.15, 0.2) is 11.5 Å². The first-order chi connectivity index (χ1) is 14.9. The van der Waals surface area contributed by atoms with E-state index in [9.17, 15) is 9.18 Å². The van der Waals surface area contributed by atoms with E-state index in [4.69, 9.17) is 16.3 Å². The highest BCUT2D eigenvalue weighted by Gasteiger charge is 2.19. The van der Waals surface area contributed by atoms with Crippen LogP contribution in [0.15, 0.2) is 34.7 Å². The van der Waals surface area contributed by atoms with Gasteiger partial charge >= 0.3 is 6.03 Å². The van der Waals surface area contributed by atoms with Crippen molar-refractivity contribution in [2.45, 2.75) is 20.0 Å². The zero-order valence-corrected chi connectivity index (χ0v) is 17.6. The van der Waals surface area contributed by atoms with Gasteiger partial charge in [0.25, 0.3) is 0 Å². The molecule has 0 aliphatic carbocycles. The minimum atomic E-state index is -0.699. The number of pyridine rings is 1. The van der Waals surface area contributed by atoms with Crippen LogP contribution in [0.25, 0.3) is 5.65 Å². The number of halogens is 2. The maximum atomic E-state index is 13.6. The summed E-state index contributed by atoms with van der Waals surface area (Å²) in [5.74, 6) is -0.456. The van der Waals surface area contributed by atoms with Crippen LogP contribution in [0.3, 0.4) is 0 Å². The number of hydrazone groups is 2. The summed E-state index contributed by atoms with van der Waals surface area (Å²) < 4.78 is 20.2. The standard InChI is InChI=1S/C18H19ClFN9O2/c1-5-24-29(21-3)17-12(19)6-11(8-23-17)25-18(30)26-13-9-22-15-7-14(20)27-28(15)16(13)10(2)31-4/h5-10H,3H2,1-2,4H3,(H2,25,26,30)/b24-5-/t10-/m0/s1. The average molecular weight is 448 g/mol. The number of aromatic nitrogens is 4. The Balaban J connectivity index is 1.83. The van der Waals surface area contributed by atoms with Gasteiger partial charge in [0, 0.05) is 26.1 Å². The summed E-state index contributed by atoms with van der Waals surface area (Å²) >= 11 is 6.22. The van der Waals surface area contributed by atoms with Gasteiger partial charge in [-0.05, 0) is 19.9 Å². The van der Waals surface area contributed by atoms with Gasteiger partial charge in [-0.1, -0.05) is 11.6 Å². The summed E-state index contributed by atoms with van der Waals surface area (Å²) in [7, 11) is 1.49. The van der Waals surface area contributed by atoms with Crippen LogP contribution < -0.4 is 15.8 Å². The zero-order chi connectivity index (χ0) is 22.5. The Kier molecular flexibility index (Phi) is 6.72. The van der Waals surface area contributed by atoms with Gasteiger partial charge in [-0.2, -0.15) is 14.6 Å². The largest absolute Gasteiger partial charge is 0.375 e. The summed E-state index contributed by atoms with van der Waals surface area (Å²) in [6.07, 6.45) is 3.77. The number of amides is 2. The number of hydrogen-bond acceptors (Lipinski definition) is 8. The molecule has 13 heteroatoms. The second-order valence-electron chi connectivity index (χ2n) is 6.09. The van der Waals surface area contributed by atoms with Crippen molar-refractivity contribution in [1.29, 1.82) is 0 Å². The third-order valence-electron chi connectivity index (χ3n) is 4.11.